The van der Waals surface area contributed by atoms with Crippen molar-refractivity contribution in [1.82, 2.24) is 15.1 Å². The lowest BCUT2D eigenvalue weighted by atomic mass is 9.84. The molecule has 1 saturated carbocycles. The van der Waals surface area contributed by atoms with Crippen LogP contribution in [0.3, 0.4) is 0 Å². The molecule has 0 aliphatic heterocycles. The molecule has 38 heavy (non-hydrogen) atoms. The largest absolute Gasteiger partial charge is 0.496 e. The van der Waals surface area contributed by atoms with Crippen molar-refractivity contribution in [3.63, 3.8) is 0 Å². The minimum atomic E-state index is -4.43. The summed E-state index contributed by atoms with van der Waals surface area (Å²) in [6.07, 6.45) is -2.22. The average molecular weight is 581 g/mol. The van der Waals surface area contributed by atoms with Crippen molar-refractivity contribution in [1.29, 1.82) is 0 Å². The fourth-order valence-electron chi connectivity index (χ4n) is 4.44. The number of halogens is 4. The van der Waals surface area contributed by atoms with E-state index < -0.39 is 38.8 Å². The van der Waals surface area contributed by atoms with Crippen molar-refractivity contribution in [3.8, 4) is 17.0 Å². The third kappa shape index (κ3) is 6.73. The van der Waals surface area contributed by atoms with E-state index in [0.717, 1.165) is 6.92 Å². The molecule has 0 saturated heterocycles. The number of aliphatic hydroxyl groups is 1. The molecule has 3 N–H and O–H groups in total. The van der Waals surface area contributed by atoms with E-state index >= 15 is 0 Å². The van der Waals surface area contributed by atoms with E-state index in [4.69, 9.17) is 16.3 Å². The molecule has 9 nitrogen and oxygen atoms in total. The molecule has 1 aromatic carbocycles. The lowest BCUT2D eigenvalue weighted by Gasteiger charge is -2.35. The number of sulfone groups is 1. The topological polar surface area (TPSA) is 123 Å². The van der Waals surface area contributed by atoms with Gasteiger partial charge in [-0.15, -0.1) is 0 Å². The number of alkyl halides is 3. The number of rotatable bonds is 9. The van der Waals surface area contributed by atoms with E-state index in [1.165, 1.54) is 36.2 Å². The number of carbonyl (C=O) groups excluding carboxylic acids is 1. The van der Waals surface area contributed by atoms with Crippen LogP contribution in [0.15, 0.2) is 18.2 Å². The molecule has 1 atom stereocenters. The van der Waals surface area contributed by atoms with E-state index in [-0.39, 0.29) is 41.5 Å². The maximum atomic E-state index is 13.0. The Kier molecular flexibility index (Phi) is 8.94. The van der Waals surface area contributed by atoms with Crippen molar-refractivity contribution in [2.24, 2.45) is 0 Å². The van der Waals surface area contributed by atoms with E-state index in [2.05, 4.69) is 15.7 Å². The summed E-state index contributed by atoms with van der Waals surface area (Å²) in [5, 5.41) is 19.7. The number of amides is 1. The van der Waals surface area contributed by atoms with Gasteiger partial charge in [0.2, 0.25) is 0 Å². The third-order valence-corrected chi connectivity index (χ3v) is 8.83. The number of aryl methyl sites for hydroxylation is 1. The summed E-state index contributed by atoms with van der Waals surface area (Å²) in [6.45, 7) is 3.01. The third-order valence-electron chi connectivity index (χ3n) is 6.79. The molecule has 1 fully saturated rings. The Hall–Kier alpha value is -2.51. The smallest absolute Gasteiger partial charge is 0.408 e. The van der Waals surface area contributed by atoms with E-state index in [1.54, 1.807) is 6.92 Å². The minimum Gasteiger partial charge on any atom is -0.496 e. The first kappa shape index (κ1) is 30.0. The molecule has 0 bridgehead atoms. The minimum absolute atomic E-state index is 0.0137. The second kappa shape index (κ2) is 11.3. The molecule has 1 aliphatic carbocycles. The van der Waals surface area contributed by atoms with Gasteiger partial charge in [0.25, 0.3) is 5.91 Å². The number of aromatic nitrogens is 2. The Bertz CT molecular complexity index is 1270. The Morgan fingerprint density at radius 1 is 1.34 bits per heavy atom. The number of nitrogens with zero attached hydrogens (tertiary/aromatic N) is 2. The molecule has 212 valence electrons. The van der Waals surface area contributed by atoms with Gasteiger partial charge in [-0.2, -0.15) is 18.3 Å². The maximum Gasteiger partial charge on any atom is 0.408 e. The Morgan fingerprint density at radius 2 is 1.97 bits per heavy atom. The van der Waals surface area contributed by atoms with Gasteiger partial charge in [-0.25, -0.2) is 8.42 Å². The SMILES string of the molecule is CCn1nc(C(=O)NCC2(O)CCC(S(C)(=O)=O)CC2)c(Cl)c1-c1ccc(N[C@H](C)C(F)(F)F)cc1OC. The predicted octanol–water partition coefficient (Wildman–Crippen LogP) is 4.04. The molecule has 1 amide bonds. The molecule has 1 aromatic heterocycles. The molecular formula is C24H32ClF3N4O5S. The number of nitrogens with one attached hydrogen (secondary N) is 2. The standard InChI is InChI=1S/C24H32ClF3N4O5S/c1-5-32-21(17-7-6-15(12-18(17)37-3)30-14(2)24(26,27)28)19(25)20(31-32)22(33)29-13-23(34)10-8-16(9-11-23)38(4,35)36/h6-7,12,14,16,30,34H,5,8-11,13H2,1-4H3,(H,29,33)/t14-,16?,23?/m1/s1. The van der Waals surface area contributed by atoms with Crippen LogP contribution in [0.2, 0.25) is 5.02 Å². The predicted molar refractivity (Wildman–Crippen MR) is 138 cm³/mol. The molecule has 0 spiro atoms. The van der Waals surface area contributed by atoms with Crippen LogP contribution in [0.1, 0.15) is 50.0 Å². The number of benzene rings is 1. The molecular weight excluding hydrogens is 549 g/mol. The first-order valence-electron chi connectivity index (χ1n) is 12.1. The van der Waals surface area contributed by atoms with Gasteiger partial charge in [0.1, 0.15) is 21.6 Å². The normalized spacial score (nSPS) is 21.1. The molecule has 1 aliphatic rings. The number of anilines is 1. The van der Waals surface area contributed by atoms with Gasteiger partial charge in [-0.3, -0.25) is 9.48 Å². The zero-order chi connectivity index (χ0) is 28.5. The number of ether oxygens (including phenoxy) is 1. The van der Waals surface area contributed by atoms with Gasteiger partial charge >= 0.3 is 6.18 Å². The van der Waals surface area contributed by atoms with E-state index in [0.29, 0.717) is 30.6 Å². The van der Waals surface area contributed by atoms with Gasteiger partial charge in [-0.1, -0.05) is 11.6 Å². The average Bonchev–Trinajstić information content (AvgIpc) is 3.17. The van der Waals surface area contributed by atoms with Gasteiger partial charge in [-0.05, 0) is 51.7 Å². The highest BCUT2D eigenvalue weighted by Crippen LogP contribution is 2.39. The van der Waals surface area contributed by atoms with Crippen LogP contribution in [0.4, 0.5) is 18.9 Å². The Balaban J connectivity index is 1.81. The van der Waals surface area contributed by atoms with Crippen LogP contribution in [-0.2, 0) is 16.4 Å². The van der Waals surface area contributed by atoms with Crippen LogP contribution < -0.4 is 15.4 Å². The van der Waals surface area contributed by atoms with Gasteiger partial charge in [0.15, 0.2) is 5.69 Å². The molecule has 2 aromatic rings. The highest BCUT2D eigenvalue weighted by Gasteiger charge is 2.38. The van der Waals surface area contributed by atoms with Crippen LogP contribution in [-0.4, -0.2) is 72.2 Å². The summed E-state index contributed by atoms with van der Waals surface area (Å²) in [5.74, 6) is -0.400. The Morgan fingerprint density at radius 3 is 2.50 bits per heavy atom. The summed E-state index contributed by atoms with van der Waals surface area (Å²) in [6, 6.07) is 2.60. The zero-order valence-corrected chi connectivity index (χ0v) is 23.1. The number of methoxy groups -OCH3 is 1. The van der Waals surface area contributed by atoms with E-state index in [1.807, 2.05) is 0 Å². The van der Waals surface area contributed by atoms with Gasteiger partial charge < -0.3 is 20.5 Å². The fraction of sp³-hybridized carbons (Fsp3) is 0.583. The van der Waals surface area contributed by atoms with Crippen LogP contribution >= 0.6 is 11.6 Å². The number of carbonyl (C=O) groups is 1. The van der Waals surface area contributed by atoms with E-state index in [9.17, 15) is 31.5 Å². The summed E-state index contributed by atoms with van der Waals surface area (Å²) >= 11 is 6.58. The number of hydrogen-bond donors (Lipinski definition) is 3. The van der Waals surface area contributed by atoms with Crippen molar-refractivity contribution >= 4 is 33.0 Å². The second-order valence-electron chi connectivity index (χ2n) is 9.59. The first-order valence-corrected chi connectivity index (χ1v) is 14.4. The highest BCUT2D eigenvalue weighted by atomic mass is 35.5. The highest BCUT2D eigenvalue weighted by molar-refractivity contribution is 7.91. The van der Waals surface area contributed by atoms with Gasteiger partial charge in [0.05, 0.1) is 28.7 Å². The van der Waals surface area contributed by atoms with Crippen molar-refractivity contribution in [2.45, 2.75) is 69.1 Å². The van der Waals surface area contributed by atoms with Crippen LogP contribution in [0, 0.1) is 0 Å². The zero-order valence-electron chi connectivity index (χ0n) is 21.5. The van der Waals surface area contributed by atoms with Crippen LogP contribution in [0.25, 0.3) is 11.3 Å². The summed E-state index contributed by atoms with van der Waals surface area (Å²) < 4.78 is 69.3. The number of hydrogen-bond acceptors (Lipinski definition) is 7. The second-order valence-corrected chi connectivity index (χ2v) is 12.3. The summed E-state index contributed by atoms with van der Waals surface area (Å²) in [7, 11) is -1.84. The summed E-state index contributed by atoms with van der Waals surface area (Å²) in [5.41, 5.74) is -0.385. The lowest BCUT2D eigenvalue weighted by molar-refractivity contribution is -0.138. The molecule has 14 heteroatoms. The Labute approximate surface area is 224 Å². The fourth-order valence-corrected chi connectivity index (χ4v) is 5.86. The van der Waals surface area contributed by atoms with Crippen molar-refractivity contribution < 1.29 is 36.2 Å². The molecule has 3 rings (SSSR count). The maximum absolute atomic E-state index is 13.0. The lowest BCUT2D eigenvalue weighted by Crippen LogP contribution is -2.47. The quantitative estimate of drug-likeness (QED) is 0.409. The van der Waals surface area contributed by atoms with Crippen LogP contribution in [0.5, 0.6) is 5.75 Å². The first-order chi connectivity index (χ1) is 17.6. The monoisotopic (exact) mass is 580 g/mol. The molecule has 0 unspecified atom stereocenters. The summed E-state index contributed by atoms with van der Waals surface area (Å²) in [4.78, 5) is 13.0. The van der Waals surface area contributed by atoms with Crippen molar-refractivity contribution in [3.05, 3.63) is 28.9 Å². The molecule has 1 heterocycles. The van der Waals surface area contributed by atoms with Crippen molar-refractivity contribution in [2.75, 3.05) is 25.2 Å². The molecule has 0 radical (unpaired) electrons. The van der Waals surface area contributed by atoms with Gasteiger partial charge in [0, 0.05) is 36.7 Å².